The number of allylic oxidation sites excluding steroid dienone is 2. The van der Waals surface area contributed by atoms with Crippen LogP contribution in [-0.4, -0.2) is 22.2 Å². The van der Waals surface area contributed by atoms with Crippen molar-refractivity contribution < 1.29 is 23.1 Å². The zero-order chi connectivity index (χ0) is 19.3. The quantitative estimate of drug-likeness (QED) is 0.462. The normalized spacial score (nSPS) is 21.4. The summed E-state index contributed by atoms with van der Waals surface area (Å²) in [7, 11) is 0. The van der Waals surface area contributed by atoms with Crippen molar-refractivity contribution in [3.63, 3.8) is 0 Å². The third-order valence-corrected chi connectivity index (χ3v) is 8.70. The first-order valence-corrected chi connectivity index (χ1v) is 12.4. The average Bonchev–Trinajstić information content (AvgIpc) is 3.21. The van der Waals surface area contributed by atoms with Crippen LogP contribution in [0.3, 0.4) is 0 Å². The Hall–Kier alpha value is -2.36. The van der Waals surface area contributed by atoms with Crippen molar-refractivity contribution in [2.45, 2.75) is 6.18 Å². The summed E-state index contributed by atoms with van der Waals surface area (Å²) in [5.41, 5.74) is -0.192. The molecule has 2 heterocycles. The van der Waals surface area contributed by atoms with Crippen LogP contribution in [0.4, 0.5) is 18.9 Å². The topological polar surface area (TPSA) is 61.7 Å². The van der Waals surface area contributed by atoms with E-state index in [4.69, 9.17) is 0 Å². The van der Waals surface area contributed by atoms with E-state index in [1.165, 1.54) is 12.3 Å². The average molecular weight is 486 g/mol. The van der Waals surface area contributed by atoms with E-state index in [0.29, 0.717) is 11.3 Å². The number of rotatable bonds is 2. The molecular weight excluding hydrogens is 472 g/mol. The standard InChI is InChI=1S/C19H14F3IN2O2/c1-23-6-5-10-7-13(19(20,21)22)16(8-14(10)23)25-18(27)12-9-24-15-4-2-3-11(15)17(12)26/h2-9,11,26H,1H3,(H,25,27). The minimum absolute atomic E-state index is 0.137. The molecule has 1 aromatic rings. The van der Waals surface area contributed by atoms with E-state index in [1.807, 2.05) is 9.01 Å². The van der Waals surface area contributed by atoms with Crippen LogP contribution in [0.5, 0.6) is 0 Å². The molecule has 1 amide bonds. The van der Waals surface area contributed by atoms with Gasteiger partial charge in [0.1, 0.15) is 0 Å². The molecule has 4 nitrogen and oxygen atoms in total. The van der Waals surface area contributed by atoms with E-state index in [2.05, 4.69) is 10.3 Å². The maximum absolute atomic E-state index is 13.5. The molecule has 140 valence electrons. The van der Waals surface area contributed by atoms with Crippen LogP contribution in [0.25, 0.3) is 6.08 Å². The summed E-state index contributed by atoms with van der Waals surface area (Å²) in [4.78, 5) is 18.7. The Morgan fingerprint density at radius 3 is 2.85 bits per heavy atom. The molecule has 27 heavy (non-hydrogen) atoms. The first-order valence-electron chi connectivity index (χ1n) is 7.94. The van der Waals surface area contributed by atoms with Crippen molar-refractivity contribution in [1.82, 2.24) is 0 Å². The van der Waals surface area contributed by atoms with Gasteiger partial charge in [-0.1, -0.05) is 0 Å². The van der Waals surface area contributed by atoms with Crippen molar-refractivity contribution >= 4 is 43.7 Å². The third-order valence-electron chi connectivity index (χ3n) is 4.49. The fourth-order valence-electron chi connectivity index (χ4n) is 3.10. The number of aliphatic hydroxyl groups is 1. The van der Waals surface area contributed by atoms with E-state index in [1.54, 1.807) is 24.3 Å². The zero-order valence-electron chi connectivity index (χ0n) is 14.0. The van der Waals surface area contributed by atoms with Gasteiger partial charge in [0, 0.05) is 0 Å². The molecule has 0 aromatic heterocycles. The Balaban J connectivity index is 1.71. The van der Waals surface area contributed by atoms with Crippen molar-refractivity contribution in [1.29, 1.82) is 0 Å². The number of fused-ring (bicyclic) bond motifs is 2. The monoisotopic (exact) mass is 486 g/mol. The van der Waals surface area contributed by atoms with Gasteiger partial charge >= 0.3 is 160 Å². The van der Waals surface area contributed by atoms with Crippen molar-refractivity contribution in [2.75, 3.05) is 10.2 Å². The number of nitrogens with zero attached hydrogens (tertiary/aromatic N) is 1. The molecule has 1 aromatic carbocycles. The van der Waals surface area contributed by atoms with Gasteiger partial charge in [0.25, 0.3) is 0 Å². The van der Waals surface area contributed by atoms with Gasteiger partial charge in [0.15, 0.2) is 0 Å². The summed E-state index contributed by atoms with van der Waals surface area (Å²) in [5, 5.41) is 12.7. The molecule has 2 N–H and O–H groups in total. The molecule has 0 saturated heterocycles. The first kappa shape index (κ1) is 18.0. The Kier molecular flexibility index (Phi) is 4.25. The number of hydrogen-bond donors (Lipinski definition) is 2. The van der Waals surface area contributed by atoms with E-state index >= 15 is 0 Å². The number of aliphatic hydroxyl groups excluding tert-OH is 1. The minimum atomic E-state index is -4.61. The number of amides is 1. The fourth-order valence-corrected chi connectivity index (χ4v) is 6.54. The van der Waals surface area contributed by atoms with Crippen LogP contribution in [-0.2, 0) is 11.0 Å². The van der Waals surface area contributed by atoms with Crippen LogP contribution in [0.1, 0.15) is 11.1 Å². The van der Waals surface area contributed by atoms with Crippen LogP contribution < -0.4 is 5.32 Å². The summed E-state index contributed by atoms with van der Waals surface area (Å²) in [6.45, 7) is 0. The Bertz CT molecular complexity index is 1000. The second-order valence-corrected chi connectivity index (χ2v) is 11.0. The molecule has 8 heteroatoms. The molecule has 4 rings (SSSR count). The Morgan fingerprint density at radius 2 is 2.11 bits per heavy atom. The SMILES string of the molecule is CI1C=Cc2cc(C(F)(F)F)c(NC(=O)C3=C(O)C4C=CC=C4N=C3)cc21. The summed E-state index contributed by atoms with van der Waals surface area (Å²) < 4.78 is 43.3. The Labute approximate surface area is 160 Å². The molecule has 0 saturated carbocycles. The van der Waals surface area contributed by atoms with Gasteiger partial charge in [-0.2, -0.15) is 0 Å². The fraction of sp³-hybridized carbons (Fsp3) is 0.158. The number of hydrogen-bond acceptors (Lipinski definition) is 3. The zero-order valence-corrected chi connectivity index (χ0v) is 16.2. The number of dihydropyridines is 1. The molecule has 0 fully saturated rings. The van der Waals surface area contributed by atoms with Gasteiger partial charge in [-0.3, -0.25) is 0 Å². The van der Waals surface area contributed by atoms with Crippen LogP contribution in [0, 0.1) is 9.49 Å². The number of aliphatic imine (C=N–C) groups is 1. The third kappa shape index (κ3) is 3.11. The number of alkyl halides is 4. The molecule has 1 atom stereocenters. The van der Waals surface area contributed by atoms with Gasteiger partial charge in [-0.25, -0.2) is 0 Å². The van der Waals surface area contributed by atoms with E-state index < -0.39 is 43.4 Å². The van der Waals surface area contributed by atoms with Gasteiger partial charge in [0.2, 0.25) is 0 Å². The molecule has 0 bridgehead atoms. The molecule has 2 aliphatic heterocycles. The predicted molar refractivity (Wildman–Crippen MR) is 107 cm³/mol. The Morgan fingerprint density at radius 1 is 1.33 bits per heavy atom. The number of carbonyl (C=O) groups excluding carboxylic acids is 1. The van der Waals surface area contributed by atoms with Crippen molar-refractivity contribution in [3.05, 3.63) is 66.2 Å². The van der Waals surface area contributed by atoms with E-state index in [9.17, 15) is 23.1 Å². The van der Waals surface area contributed by atoms with E-state index in [-0.39, 0.29) is 17.0 Å². The van der Waals surface area contributed by atoms with Gasteiger partial charge in [-0.15, -0.1) is 0 Å². The summed E-state index contributed by atoms with van der Waals surface area (Å²) >= 11 is -1.64. The summed E-state index contributed by atoms with van der Waals surface area (Å²) in [5.74, 6) is -1.57. The summed E-state index contributed by atoms with van der Waals surface area (Å²) in [6, 6.07) is 2.49. The number of benzene rings is 1. The summed E-state index contributed by atoms with van der Waals surface area (Å²) in [6.07, 6.45) is 3.36. The van der Waals surface area contributed by atoms with Gasteiger partial charge < -0.3 is 0 Å². The molecule has 3 aliphatic rings. The number of nitrogens with one attached hydrogen (secondary N) is 1. The number of carbonyl (C=O) groups is 1. The van der Waals surface area contributed by atoms with Gasteiger partial charge in [-0.05, 0) is 0 Å². The van der Waals surface area contributed by atoms with E-state index in [0.717, 1.165) is 9.64 Å². The van der Waals surface area contributed by atoms with Crippen LogP contribution >= 0.6 is 19.8 Å². The first-order chi connectivity index (χ1) is 12.8. The molecular formula is C19H14F3IN2O2. The number of halogens is 4. The predicted octanol–water partition coefficient (Wildman–Crippen LogP) is 4.90. The maximum atomic E-state index is 13.5. The van der Waals surface area contributed by atoms with Crippen molar-refractivity contribution in [3.8, 4) is 0 Å². The van der Waals surface area contributed by atoms with Gasteiger partial charge in [0.05, 0.1) is 0 Å². The molecule has 1 unspecified atom stereocenters. The second kappa shape index (κ2) is 6.36. The molecule has 1 aliphatic carbocycles. The number of anilines is 1. The van der Waals surface area contributed by atoms with Crippen LogP contribution in [0.2, 0.25) is 0 Å². The van der Waals surface area contributed by atoms with Crippen molar-refractivity contribution in [2.24, 2.45) is 10.9 Å². The molecule has 0 radical (unpaired) electrons. The second-order valence-electron chi connectivity index (χ2n) is 6.19. The molecule has 0 spiro atoms. The van der Waals surface area contributed by atoms with Crippen LogP contribution in [0.15, 0.2) is 56.5 Å².